The highest BCUT2D eigenvalue weighted by molar-refractivity contribution is 7.91. The highest BCUT2D eigenvalue weighted by Crippen LogP contribution is 2.28. The van der Waals surface area contributed by atoms with E-state index in [1.807, 2.05) is 26.0 Å². The number of amides is 1. The van der Waals surface area contributed by atoms with Gasteiger partial charge in [-0.3, -0.25) is 4.79 Å². The van der Waals surface area contributed by atoms with Crippen molar-refractivity contribution in [1.29, 1.82) is 0 Å². The van der Waals surface area contributed by atoms with Gasteiger partial charge in [0.15, 0.2) is 9.84 Å². The lowest BCUT2D eigenvalue weighted by molar-refractivity contribution is -0.132. The van der Waals surface area contributed by atoms with Crippen molar-refractivity contribution in [3.8, 4) is 0 Å². The maximum absolute atomic E-state index is 13.0. The van der Waals surface area contributed by atoms with E-state index < -0.39 is 9.84 Å². The molecule has 2 heterocycles. The van der Waals surface area contributed by atoms with Gasteiger partial charge < -0.3 is 9.32 Å². The molecule has 142 valence electrons. The van der Waals surface area contributed by atoms with Gasteiger partial charge >= 0.3 is 0 Å². The largest absolute Gasteiger partial charge is 0.464 e. The lowest BCUT2D eigenvalue weighted by Gasteiger charge is -2.28. The van der Waals surface area contributed by atoms with E-state index in [4.69, 9.17) is 4.42 Å². The van der Waals surface area contributed by atoms with Crippen molar-refractivity contribution in [2.24, 2.45) is 0 Å². The highest BCUT2D eigenvalue weighted by Gasteiger charge is 2.34. The van der Waals surface area contributed by atoms with E-state index in [9.17, 15) is 13.2 Å². The van der Waals surface area contributed by atoms with Crippen molar-refractivity contribution in [3.05, 3.63) is 35.1 Å². The van der Waals surface area contributed by atoms with Crippen LogP contribution in [0.1, 0.15) is 42.9 Å². The first-order chi connectivity index (χ1) is 12.3. The molecule has 0 saturated carbocycles. The Bertz CT molecular complexity index is 913. The number of fused-ring (bicyclic) bond motifs is 1. The third kappa shape index (κ3) is 3.80. The van der Waals surface area contributed by atoms with Crippen molar-refractivity contribution in [2.75, 3.05) is 18.1 Å². The van der Waals surface area contributed by atoms with Crippen LogP contribution < -0.4 is 0 Å². The Kier molecular flexibility index (Phi) is 5.42. The number of rotatable bonds is 6. The van der Waals surface area contributed by atoms with Crippen LogP contribution in [-0.4, -0.2) is 43.3 Å². The van der Waals surface area contributed by atoms with Crippen LogP contribution in [0.5, 0.6) is 0 Å². The minimum absolute atomic E-state index is 0.0125. The Balaban J connectivity index is 1.83. The molecule has 0 aliphatic carbocycles. The van der Waals surface area contributed by atoms with Gasteiger partial charge in [-0.1, -0.05) is 25.5 Å². The summed E-state index contributed by atoms with van der Waals surface area (Å²) in [5, 5.41) is 0.968. The molecule has 2 aromatic rings. The second-order valence-corrected chi connectivity index (χ2v) is 9.55. The topological polar surface area (TPSA) is 67.6 Å². The molecule has 1 aromatic carbocycles. The third-order valence-electron chi connectivity index (χ3n) is 5.41. The Morgan fingerprint density at radius 2 is 2.08 bits per heavy atom. The van der Waals surface area contributed by atoms with Crippen molar-refractivity contribution in [1.82, 2.24) is 4.90 Å². The number of carbonyl (C=O) groups excluding carboxylic acids is 1. The number of aryl methyl sites for hydroxylation is 2. The van der Waals surface area contributed by atoms with Crippen molar-refractivity contribution in [3.63, 3.8) is 0 Å². The van der Waals surface area contributed by atoms with Gasteiger partial charge in [0.05, 0.1) is 24.2 Å². The van der Waals surface area contributed by atoms with E-state index in [0.717, 1.165) is 40.5 Å². The maximum atomic E-state index is 13.0. The summed E-state index contributed by atoms with van der Waals surface area (Å²) in [6.45, 7) is 6.74. The van der Waals surface area contributed by atoms with Gasteiger partial charge in [-0.2, -0.15) is 0 Å². The van der Waals surface area contributed by atoms with Crippen LogP contribution in [0.3, 0.4) is 0 Å². The molecule has 1 aromatic heterocycles. The highest BCUT2D eigenvalue weighted by atomic mass is 32.2. The zero-order valence-corrected chi connectivity index (χ0v) is 16.6. The number of hydrogen-bond donors (Lipinski definition) is 0. The molecule has 1 aliphatic heterocycles. The molecule has 1 unspecified atom stereocenters. The van der Waals surface area contributed by atoms with E-state index >= 15 is 0 Å². The first kappa shape index (κ1) is 19.0. The number of furan rings is 1. The predicted octanol–water partition coefficient (Wildman–Crippen LogP) is 3.41. The fraction of sp³-hybridized carbons (Fsp3) is 0.550. The molecule has 1 amide bonds. The smallest absolute Gasteiger partial charge is 0.227 e. The minimum atomic E-state index is -3.02. The van der Waals surface area contributed by atoms with Crippen LogP contribution in [0.4, 0.5) is 0 Å². The van der Waals surface area contributed by atoms with E-state index in [1.165, 1.54) is 0 Å². The molecule has 1 fully saturated rings. The van der Waals surface area contributed by atoms with Crippen LogP contribution in [0.15, 0.2) is 22.8 Å². The molecule has 1 saturated heterocycles. The first-order valence-corrected chi connectivity index (χ1v) is 11.1. The second-order valence-electron chi connectivity index (χ2n) is 7.32. The monoisotopic (exact) mass is 377 g/mol. The van der Waals surface area contributed by atoms with Crippen LogP contribution in [0, 0.1) is 13.8 Å². The number of hydrogen-bond acceptors (Lipinski definition) is 4. The molecular weight excluding hydrogens is 350 g/mol. The van der Waals surface area contributed by atoms with E-state index in [2.05, 4.69) is 6.92 Å². The summed E-state index contributed by atoms with van der Waals surface area (Å²) in [7, 11) is -3.02. The van der Waals surface area contributed by atoms with Gasteiger partial charge in [0.1, 0.15) is 5.58 Å². The lowest BCUT2D eigenvalue weighted by atomic mass is 10.0. The Hall–Kier alpha value is -1.82. The van der Waals surface area contributed by atoms with E-state index in [1.54, 1.807) is 11.2 Å². The quantitative estimate of drug-likeness (QED) is 0.774. The standard InChI is InChI=1S/C20H27NO4S/c1-4-5-9-21(17-8-10-26(23,24)13-17)19(22)11-16-12-25-20-15(3)14(2)6-7-18(16)20/h6-7,12,17H,4-5,8-11,13H2,1-3H3. The molecule has 0 N–H and O–H groups in total. The van der Waals surface area contributed by atoms with Gasteiger partial charge in [-0.05, 0) is 37.8 Å². The molecule has 1 aliphatic rings. The van der Waals surface area contributed by atoms with Crippen LogP contribution in [0.2, 0.25) is 0 Å². The van der Waals surface area contributed by atoms with E-state index in [0.29, 0.717) is 13.0 Å². The summed E-state index contributed by atoms with van der Waals surface area (Å²) in [5.41, 5.74) is 3.95. The van der Waals surface area contributed by atoms with Gasteiger partial charge in [-0.15, -0.1) is 0 Å². The fourth-order valence-corrected chi connectivity index (χ4v) is 5.38. The number of sulfone groups is 1. The van der Waals surface area contributed by atoms with Gasteiger partial charge in [0, 0.05) is 23.5 Å². The Labute approximate surface area is 155 Å². The molecule has 26 heavy (non-hydrogen) atoms. The number of carbonyl (C=O) groups is 1. The van der Waals surface area contributed by atoms with Gasteiger partial charge in [0.2, 0.25) is 5.91 Å². The molecule has 0 spiro atoms. The van der Waals surface area contributed by atoms with Crippen LogP contribution in [-0.2, 0) is 21.1 Å². The average Bonchev–Trinajstić information content (AvgIpc) is 3.15. The summed E-state index contributed by atoms with van der Waals surface area (Å²) in [6.07, 6.45) is 4.31. The number of unbranched alkanes of at least 4 members (excludes halogenated alkanes) is 1. The zero-order valence-electron chi connectivity index (χ0n) is 15.7. The lowest BCUT2D eigenvalue weighted by Crippen LogP contribution is -2.42. The molecule has 1 atom stereocenters. The van der Waals surface area contributed by atoms with Gasteiger partial charge in [0.25, 0.3) is 0 Å². The molecular formula is C20H27NO4S. The van der Waals surface area contributed by atoms with Crippen molar-refractivity contribution in [2.45, 2.75) is 52.5 Å². The molecule has 6 heteroatoms. The summed E-state index contributed by atoms with van der Waals surface area (Å²) in [6, 6.07) is 3.85. The van der Waals surface area contributed by atoms with Crippen LogP contribution in [0.25, 0.3) is 11.0 Å². The number of nitrogens with zero attached hydrogens (tertiary/aromatic N) is 1. The first-order valence-electron chi connectivity index (χ1n) is 9.28. The normalized spacial score (nSPS) is 19.1. The average molecular weight is 378 g/mol. The van der Waals surface area contributed by atoms with Crippen molar-refractivity contribution >= 4 is 26.7 Å². The summed E-state index contributed by atoms with van der Waals surface area (Å²) in [5.74, 6) is 0.259. The van der Waals surface area contributed by atoms with Crippen LogP contribution >= 0.6 is 0 Å². The summed E-state index contributed by atoms with van der Waals surface area (Å²) < 4.78 is 29.4. The SMILES string of the molecule is CCCCN(C(=O)Cc1coc2c(C)c(C)ccc12)C1CCS(=O)(=O)C1. The molecule has 0 bridgehead atoms. The minimum Gasteiger partial charge on any atom is -0.464 e. The Morgan fingerprint density at radius 3 is 2.73 bits per heavy atom. The summed E-state index contributed by atoms with van der Waals surface area (Å²) in [4.78, 5) is 14.8. The summed E-state index contributed by atoms with van der Waals surface area (Å²) >= 11 is 0. The third-order valence-corrected chi connectivity index (χ3v) is 7.16. The molecule has 5 nitrogen and oxygen atoms in total. The second kappa shape index (κ2) is 7.43. The fourth-order valence-electron chi connectivity index (χ4n) is 3.65. The zero-order chi connectivity index (χ0) is 18.9. The van der Waals surface area contributed by atoms with Gasteiger partial charge in [-0.25, -0.2) is 8.42 Å². The maximum Gasteiger partial charge on any atom is 0.227 e. The molecule has 0 radical (unpaired) electrons. The predicted molar refractivity (Wildman–Crippen MR) is 103 cm³/mol. The Morgan fingerprint density at radius 1 is 1.31 bits per heavy atom. The number of benzene rings is 1. The molecule has 3 rings (SSSR count). The van der Waals surface area contributed by atoms with E-state index in [-0.39, 0.29) is 29.9 Å². The van der Waals surface area contributed by atoms with Crippen molar-refractivity contribution < 1.29 is 17.6 Å².